The topological polar surface area (TPSA) is 72.8 Å². The fourth-order valence-electron chi connectivity index (χ4n) is 3.76. The molecule has 1 aromatic carbocycles. The van der Waals surface area contributed by atoms with Crippen molar-refractivity contribution in [2.45, 2.75) is 57.8 Å². The molecule has 1 N–H and O–H groups in total. The van der Waals surface area contributed by atoms with E-state index in [-0.39, 0.29) is 36.2 Å². The van der Waals surface area contributed by atoms with Gasteiger partial charge in [0, 0.05) is 31.1 Å². The van der Waals surface area contributed by atoms with E-state index in [1.807, 2.05) is 19.9 Å². The number of benzene rings is 1. The lowest BCUT2D eigenvalue weighted by atomic mass is 9.91. The van der Waals surface area contributed by atoms with Crippen LogP contribution in [0.2, 0.25) is 0 Å². The van der Waals surface area contributed by atoms with E-state index in [9.17, 15) is 14.7 Å². The number of carbonyl (C=O) groups excluding carboxylic acids is 2. The van der Waals surface area contributed by atoms with Crippen LogP contribution in [0.25, 0.3) is 0 Å². The summed E-state index contributed by atoms with van der Waals surface area (Å²) in [6, 6.07) is 8.78. The van der Waals surface area contributed by atoms with Gasteiger partial charge < -0.3 is 14.6 Å². The summed E-state index contributed by atoms with van der Waals surface area (Å²) < 4.78 is 11.1. The van der Waals surface area contributed by atoms with Gasteiger partial charge in [-0.2, -0.15) is 0 Å². The largest absolute Gasteiger partial charge is 0.462 e. The summed E-state index contributed by atoms with van der Waals surface area (Å²) in [5, 5.41) is 10.4. The summed E-state index contributed by atoms with van der Waals surface area (Å²) in [6.07, 6.45) is 0.444. The Kier molecular flexibility index (Phi) is 6.96. The van der Waals surface area contributed by atoms with Gasteiger partial charge in [-0.15, -0.1) is 11.8 Å². The quantitative estimate of drug-likeness (QED) is 0.628. The van der Waals surface area contributed by atoms with Crippen LogP contribution in [0.5, 0.6) is 0 Å². The zero-order valence-corrected chi connectivity index (χ0v) is 16.8. The minimum absolute atomic E-state index is 0.0921. The van der Waals surface area contributed by atoms with Crippen LogP contribution in [0, 0.1) is 41.4 Å². The third-order valence-corrected chi connectivity index (χ3v) is 5.42. The van der Waals surface area contributed by atoms with Crippen molar-refractivity contribution in [3.8, 4) is 23.7 Å². The van der Waals surface area contributed by atoms with E-state index in [0.29, 0.717) is 18.4 Å². The second kappa shape index (κ2) is 9.63. The summed E-state index contributed by atoms with van der Waals surface area (Å²) in [5.74, 6) is 10.8. The summed E-state index contributed by atoms with van der Waals surface area (Å²) in [7, 11) is 0. The molecule has 0 spiro atoms. The fraction of sp³-hybridized carbons (Fsp3) is 0.500. The Hall–Kier alpha value is -2.76. The molecule has 1 heterocycles. The van der Waals surface area contributed by atoms with Crippen molar-refractivity contribution in [1.29, 1.82) is 0 Å². The number of ether oxygens (including phenoxy) is 2. The lowest BCUT2D eigenvalue weighted by Crippen LogP contribution is -2.25. The SMILES string of the molecule is CCC#CC[C@H](C)[C@@H](O)C#C[C@@H]1C2CC(=O)O[C@H]2C[C@H]1OC(=O)c1ccccc1. The molecule has 1 aliphatic carbocycles. The molecule has 1 unspecified atom stereocenters. The van der Waals surface area contributed by atoms with Crippen molar-refractivity contribution in [2.75, 3.05) is 0 Å². The lowest BCUT2D eigenvalue weighted by molar-refractivity contribution is -0.141. The highest BCUT2D eigenvalue weighted by Crippen LogP contribution is 2.42. The molecular formula is C24H26O5. The van der Waals surface area contributed by atoms with E-state index in [4.69, 9.17) is 9.47 Å². The highest BCUT2D eigenvalue weighted by molar-refractivity contribution is 5.89. The predicted octanol–water partition coefficient (Wildman–Crippen LogP) is 2.97. The summed E-state index contributed by atoms with van der Waals surface area (Å²) in [5.41, 5.74) is 0.469. The number of rotatable bonds is 4. The van der Waals surface area contributed by atoms with Gasteiger partial charge in [-0.25, -0.2) is 4.79 Å². The lowest BCUT2D eigenvalue weighted by Gasteiger charge is -2.19. The third kappa shape index (κ3) is 5.19. The first-order valence-corrected chi connectivity index (χ1v) is 10.1. The van der Waals surface area contributed by atoms with Crippen molar-refractivity contribution < 1.29 is 24.2 Å². The van der Waals surface area contributed by atoms with E-state index in [0.717, 1.165) is 6.42 Å². The summed E-state index contributed by atoms with van der Waals surface area (Å²) >= 11 is 0. The first-order chi connectivity index (χ1) is 14.0. The van der Waals surface area contributed by atoms with Gasteiger partial charge in [0.05, 0.1) is 17.9 Å². The van der Waals surface area contributed by atoms with Crippen LogP contribution in [-0.4, -0.2) is 35.4 Å². The molecule has 0 radical (unpaired) electrons. The second-order valence-corrected chi connectivity index (χ2v) is 7.59. The summed E-state index contributed by atoms with van der Waals surface area (Å²) in [6.45, 7) is 3.88. The highest BCUT2D eigenvalue weighted by atomic mass is 16.6. The normalized spacial score (nSPS) is 26.8. The standard InChI is InChI=1S/C24H26O5/c1-3-4-6-9-16(2)20(25)13-12-18-19-14-23(26)28-22(19)15-21(18)29-24(27)17-10-7-5-8-11-17/h5,7-8,10-11,16,18-22,25H,3,9,14-15H2,1-2H3/t16-,18+,19?,20-,21+,22-/m0/s1. The van der Waals surface area contributed by atoms with E-state index in [2.05, 4.69) is 23.7 Å². The number of esters is 2. The highest BCUT2D eigenvalue weighted by Gasteiger charge is 2.51. The average molecular weight is 394 g/mol. The molecule has 29 heavy (non-hydrogen) atoms. The molecule has 1 saturated carbocycles. The van der Waals surface area contributed by atoms with Crippen molar-refractivity contribution in [3.05, 3.63) is 35.9 Å². The van der Waals surface area contributed by atoms with E-state index in [1.54, 1.807) is 24.3 Å². The van der Waals surface area contributed by atoms with Gasteiger partial charge >= 0.3 is 11.9 Å². The number of hydrogen-bond acceptors (Lipinski definition) is 5. The van der Waals surface area contributed by atoms with Gasteiger partial charge in [-0.1, -0.05) is 43.9 Å². The van der Waals surface area contributed by atoms with Gasteiger partial charge in [0.15, 0.2) is 0 Å². The molecule has 152 valence electrons. The monoisotopic (exact) mass is 394 g/mol. The van der Waals surface area contributed by atoms with Crippen LogP contribution in [0.15, 0.2) is 30.3 Å². The van der Waals surface area contributed by atoms with Crippen LogP contribution in [0.1, 0.15) is 49.9 Å². The average Bonchev–Trinajstić information content (AvgIpc) is 3.22. The minimum Gasteiger partial charge on any atom is -0.462 e. The molecule has 0 amide bonds. The van der Waals surface area contributed by atoms with Crippen LogP contribution in [0.3, 0.4) is 0 Å². The van der Waals surface area contributed by atoms with Crippen LogP contribution < -0.4 is 0 Å². The Morgan fingerprint density at radius 1 is 1.31 bits per heavy atom. The maximum Gasteiger partial charge on any atom is 0.338 e. The van der Waals surface area contributed by atoms with Crippen molar-refractivity contribution in [3.63, 3.8) is 0 Å². The van der Waals surface area contributed by atoms with E-state index in [1.165, 1.54) is 0 Å². The van der Waals surface area contributed by atoms with Gasteiger partial charge in [0.25, 0.3) is 0 Å². The summed E-state index contributed by atoms with van der Waals surface area (Å²) in [4.78, 5) is 24.2. The smallest absolute Gasteiger partial charge is 0.338 e. The van der Waals surface area contributed by atoms with Crippen LogP contribution in [-0.2, 0) is 14.3 Å². The van der Waals surface area contributed by atoms with Crippen LogP contribution >= 0.6 is 0 Å². The zero-order valence-electron chi connectivity index (χ0n) is 16.8. The predicted molar refractivity (Wildman–Crippen MR) is 107 cm³/mol. The molecule has 5 heteroatoms. The molecular weight excluding hydrogens is 368 g/mol. The molecule has 5 nitrogen and oxygen atoms in total. The molecule has 2 fully saturated rings. The number of carbonyl (C=O) groups is 2. The number of fused-ring (bicyclic) bond motifs is 1. The Morgan fingerprint density at radius 2 is 2.07 bits per heavy atom. The maximum absolute atomic E-state index is 12.5. The molecule has 1 saturated heterocycles. The Bertz CT molecular complexity index is 854. The second-order valence-electron chi connectivity index (χ2n) is 7.59. The minimum atomic E-state index is -0.830. The molecule has 1 aromatic rings. The molecule has 2 aliphatic rings. The maximum atomic E-state index is 12.5. The molecule has 0 aromatic heterocycles. The van der Waals surface area contributed by atoms with Crippen molar-refractivity contribution in [2.24, 2.45) is 17.8 Å². The van der Waals surface area contributed by atoms with Gasteiger partial charge in [0.2, 0.25) is 0 Å². The molecule has 1 aliphatic heterocycles. The number of aliphatic hydroxyl groups is 1. The molecule has 3 rings (SSSR count). The van der Waals surface area contributed by atoms with Gasteiger partial charge in [-0.05, 0) is 12.1 Å². The fourth-order valence-corrected chi connectivity index (χ4v) is 3.76. The first-order valence-electron chi connectivity index (χ1n) is 10.1. The Labute approximate surface area is 171 Å². The van der Waals surface area contributed by atoms with Gasteiger partial charge in [0.1, 0.15) is 18.3 Å². The van der Waals surface area contributed by atoms with Gasteiger partial charge in [-0.3, -0.25) is 4.79 Å². The van der Waals surface area contributed by atoms with Crippen LogP contribution in [0.4, 0.5) is 0 Å². The number of hydrogen-bond donors (Lipinski definition) is 1. The molecule has 0 bridgehead atoms. The third-order valence-electron chi connectivity index (χ3n) is 5.42. The number of aliphatic hydroxyl groups excluding tert-OH is 1. The zero-order chi connectivity index (χ0) is 20.8. The molecule has 6 atom stereocenters. The first kappa shape index (κ1) is 21.0. The van der Waals surface area contributed by atoms with Crippen molar-refractivity contribution >= 4 is 11.9 Å². The Balaban J connectivity index is 1.72. The Morgan fingerprint density at radius 3 is 2.79 bits per heavy atom. The van der Waals surface area contributed by atoms with Crippen molar-refractivity contribution in [1.82, 2.24) is 0 Å². The van der Waals surface area contributed by atoms with E-state index >= 15 is 0 Å². The van der Waals surface area contributed by atoms with E-state index < -0.39 is 18.2 Å².